The number of amides is 4. The van der Waals surface area contributed by atoms with Crippen molar-refractivity contribution in [1.82, 2.24) is 15.1 Å². The van der Waals surface area contributed by atoms with Gasteiger partial charge in [-0.1, -0.05) is 18.2 Å². The third-order valence-corrected chi connectivity index (χ3v) is 4.08. The molecule has 0 bridgehead atoms. The molecule has 1 aromatic heterocycles. The van der Waals surface area contributed by atoms with Crippen molar-refractivity contribution in [3.05, 3.63) is 54.5 Å². The molecule has 0 unspecified atom stereocenters. The van der Waals surface area contributed by atoms with Gasteiger partial charge in [-0.3, -0.25) is 9.59 Å². The highest BCUT2D eigenvalue weighted by Gasteiger charge is 2.26. The predicted octanol–water partition coefficient (Wildman–Crippen LogP) is 1.39. The van der Waals surface area contributed by atoms with Crippen LogP contribution in [0.5, 0.6) is 0 Å². The van der Waals surface area contributed by atoms with Gasteiger partial charge in [0.05, 0.1) is 12.8 Å². The fourth-order valence-corrected chi connectivity index (χ4v) is 2.68. The number of anilines is 1. The molecule has 1 aliphatic heterocycles. The Bertz CT molecular complexity index is 753. The summed E-state index contributed by atoms with van der Waals surface area (Å²) in [7, 11) is 0. The monoisotopic (exact) mass is 356 g/mol. The van der Waals surface area contributed by atoms with E-state index in [1.54, 1.807) is 34.1 Å². The Morgan fingerprint density at radius 2 is 1.62 bits per heavy atom. The Morgan fingerprint density at radius 3 is 2.27 bits per heavy atom. The van der Waals surface area contributed by atoms with Crippen LogP contribution in [0.3, 0.4) is 0 Å². The summed E-state index contributed by atoms with van der Waals surface area (Å²) in [5, 5.41) is 5.20. The first kappa shape index (κ1) is 17.5. The van der Waals surface area contributed by atoms with Crippen molar-refractivity contribution >= 4 is 23.5 Å². The van der Waals surface area contributed by atoms with Crippen molar-refractivity contribution in [2.45, 2.75) is 0 Å². The van der Waals surface area contributed by atoms with Gasteiger partial charge in [-0.15, -0.1) is 0 Å². The zero-order valence-electron chi connectivity index (χ0n) is 14.2. The molecule has 8 nitrogen and oxygen atoms in total. The standard InChI is InChI=1S/C18H20N4O4/c23-16(13-19-18(25)20-14-5-2-1-3-6-14)21-8-10-22(11-9-21)17(24)15-7-4-12-26-15/h1-7,12H,8-11,13H2,(H2,19,20,25). The molecule has 3 rings (SSSR count). The molecule has 0 aliphatic carbocycles. The zero-order valence-corrected chi connectivity index (χ0v) is 14.2. The van der Waals surface area contributed by atoms with Gasteiger partial charge in [-0.2, -0.15) is 0 Å². The molecular weight excluding hydrogens is 336 g/mol. The smallest absolute Gasteiger partial charge is 0.319 e. The lowest BCUT2D eigenvalue weighted by molar-refractivity contribution is -0.131. The molecule has 0 spiro atoms. The first-order valence-electron chi connectivity index (χ1n) is 8.34. The number of urea groups is 1. The van der Waals surface area contributed by atoms with E-state index in [2.05, 4.69) is 10.6 Å². The Morgan fingerprint density at radius 1 is 0.923 bits per heavy atom. The molecule has 1 aliphatic rings. The van der Waals surface area contributed by atoms with Crippen molar-refractivity contribution < 1.29 is 18.8 Å². The van der Waals surface area contributed by atoms with Crippen molar-refractivity contribution in [2.75, 3.05) is 38.0 Å². The molecule has 0 atom stereocenters. The highest BCUT2D eigenvalue weighted by atomic mass is 16.3. The van der Waals surface area contributed by atoms with Gasteiger partial charge in [0.1, 0.15) is 0 Å². The van der Waals surface area contributed by atoms with Crippen molar-refractivity contribution in [3.63, 3.8) is 0 Å². The van der Waals surface area contributed by atoms with Gasteiger partial charge in [0, 0.05) is 31.9 Å². The van der Waals surface area contributed by atoms with Crippen molar-refractivity contribution in [1.29, 1.82) is 0 Å². The number of nitrogens with zero attached hydrogens (tertiary/aromatic N) is 2. The highest BCUT2D eigenvalue weighted by molar-refractivity contribution is 5.93. The largest absolute Gasteiger partial charge is 0.459 e. The molecule has 8 heteroatoms. The van der Waals surface area contributed by atoms with E-state index in [0.29, 0.717) is 37.6 Å². The second-order valence-electron chi connectivity index (χ2n) is 5.82. The van der Waals surface area contributed by atoms with Crippen LogP contribution < -0.4 is 10.6 Å². The zero-order chi connectivity index (χ0) is 18.4. The maximum absolute atomic E-state index is 12.2. The summed E-state index contributed by atoms with van der Waals surface area (Å²) < 4.78 is 5.11. The SMILES string of the molecule is O=C(NCC(=O)N1CCN(C(=O)c2ccco2)CC1)Nc1ccccc1. The molecule has 136 valence electrons. The third kappa shape index (κ3) is 4.41. The van der Waals surface area contributed by atoms with Crippen molar-refractivity contribution in [2.24, 2.45) is 0 Å². The second-order valence-corrected chi connectivity index (χ2v) is 5.82. The lowest BCUT2D eigenvalue weighted by Gasteiger charge is -2.34. The minimum atomic E-state index is -0.434. The maximum Gasteiger partial charge on any atom is 0.319 e. The van der Waals surface area contributed by atoms with Gasteiger partial charge in [0.15, 0.2) is 5.76 Å². The average Bonchev–Trinajstić information content (AvgIpc) is 3.21. The van der Waals surface area contributed by atoms with E-state index in [9.17, 15) is 14.4 Å². The van der Waals surface area contributed by atoms with Crippen molar-refractivity contribution in [3.8, 4) is 0 Å². The highest BCUT2D eigenvalue weighted by Crippen LogP contribution is 2.09. The molecule has 1 saturated heterocycles. The van der Waals surface area contributed by atoms with Gasteiger partial charge in [-0.25, -0.2) is 4.79 Å². The first-order chi connectivity index (χ1) is 12.6. The topological polar surface area (TPSA) is 94.9 Å². The Balaban J connectivity index is 1.41. The first-order valence-corrected chi connectivity index (χ1v) is 8.34. The molecule has 0 saturated carbocycles. The van der Waals surface area contributed by atoms with E-state index in [1.807, 2.05) is 18.2 Å². The molecule has 4 amide bonds. The second kappa shape index (κ2) is 8.19. The lowest BCUT2D eigenvalue weighted by atomic mass is 10.2. The molecule has 0 radical (unpaired) electrons. The number of furan rings is 1. The van der Waals surface area contributed by atoms with Crippen LogP contribution in [0, 0.1) is 0 Å². The van der Waals surface area contributed by atoms with Crippen LogP contribution in [0.2, 0.25) is 0 Å². The van der Waals surface area contributed by atoms with E-state index in [-0.39, 0.29) is 18.4 Å². The molecular formula is C18H20N4O4. The summed E-state index contributed by atoms with van der Waals surface area (Å²) in [5.41, 5.74) is 0.655. The number of para-hydroxylation sites is 1. The van der Waals surface area contributed by atoms with Crippen LogP contribution >= 0.6 is 0 Å². The molecule has 2 N–H and O–H groups in total. The van der Waals surface area contributed by atoms with E-state index >= 15 is 0 Å². The quantitative estimate of drug-likeness (QED) is 0.865. The Hall–Kier alpha value is -3.29. The fraction of sp³-hybridized carbons (Fsp3) is 0.278. The molecule has 1 fully saturated rings. The minimum Gasteiger partial charge on any atom is -0.459 e. The summed E-state index contributed by atoms with van der Waals surface area (Å²) in [6.45, 7) is 1.62. The van der Waals surface area contributed by atoms with Gasteiger partial charge in [0.25, 0.3) is 5.91 Å². The summed E-state index contributed by atoms with van der Waals surface area (Å²) in [5.74, 6) is -0.0650. The number of benzene rings is 1. The van der Waals surface area contributed by atoms with E-state index < -0.39 is 6.03 Å². The predicted molar refractivity (Wildman–Crippen MR) is 94.7 cm³/mol. The number of hydrogen-bond donors (Lipinski definition) is 2. The Kier molecular flexibility index (Phi) is 5.52. The third-order valence-electron chi connectivity index (χ3n) is 4.08. The lowest BCUT2D eigenvalue weighted by Crippen LogP contribution is -2.52. The van der Waals surface area contributed by atoms with E-state index in [1.165, 1.54) is 6.26 Å². The normalized spacial score (nSPS) is 14.0. The van der Waals surface area contributed by atoms with Gasteiger partial charge in [-0.05, 0) is 24.3 Å². The number of carbonyl (C=O) groups is 3. The van der Waals surface area contributed by atoms with E-state index in [0.717, 1.165) is 0 Å². The van der Waals surface area contributed by atoms with Gasteiger partial charge >= 0.3 is 6.03 Å². The maximum atomic E-state index is 12.2. The number of nitrogens with one attached hydrogen (secondary N) is 2. The van der Waals surface area contributed by atoms with Crippen LogP contribution in [0.15, 0.2) is 53.1 Å². The molecule has 2 aromatic rings. The summed E-state index contributed by atoms with van der Waals surface area (Å²) in [6.07, 6.45) is 1.46. The summed E-state index contributed by atoms with van der Waals surface area (Å²) in [4.78, 5) is 39.5. The number of hydrogen-bond acceptors (Lipinski definition) is 4. The fourth-order valence-electron chi connectivity index (χ4n) is 2.68. The average molecular weight is 356 g/mol. The number of rotatable bonds is 4. The van der Waals surface area contributed by atoms with Gasteiger partial charge in [0.2, 0.25) is 5.91 Å². The summed E-state index contributed by atoms with van der Waals surface area (Å²) >= 11 is 0. The summed E-state index contributed by atoms with van der Waals surface area (Å²) in [6, 6.07) is 11.8. The minimum absolute atomic E-state index is 0.0925. The molecule has 26 heavy (non-hydrogen) atoms. The van der Waals surface area contributed by atoms with Crippen LogP contribution in [-0.4, -0.2) is 60.4 Å². The number of carbonyl (C=O) groups excluding carboxylic acids is 3. The van der Waals surface area contributed by atoms with Crippen LogP contribution in [0.4, 0.5) is 10.5 Å². The van der Waals surface area contributed by atoms with Crippen LogP contribution in [-0.2, 0) is 4.79 Å². The Labute approximate surface area is 150 Å². The van der Waals surface area contributed by atoms with Crippen LogP contribution in [0.25, 0.3) is 0 Å². The number of piperazine rings is 1. The van der Waals surface area contributed by atoms with E-state index in [4.69, 9.17) is 4.42 Å². The van der Waals surface area contributed by atoms with Gasteiger partial charge < -0.3 is 24.9 Å². The van der Waals surface area contributed by atoms with Crippen LogP contribution in [0.1, 0.15) is 10.6 Å². The molecule has 2 heterocycles. The molecule has 1 aromatic carbocycles.